The van der Waals surface area contributed by atoms with Crippen molar-refractivity contribution in [2.45, 2.75) is 4.90 Å². The van der Waals surface area contributed by atoms with Gasteiger partial charge in [0.2, 0.25) is 0 Å². The van der Waals surface area contributed by atoms with Crippen LogP contribution in [0.4, 0.5) is 8.78 Å². The van der Waals surface area contributed by atoms with Gasteiger partial charge < -0.3 is 5.73 Å². The van der Waals surface area contributed by atoms with Gasteiger partial charge in [-0.15, -0.1) is 11.8 Å². The first-order valence-electron chi connectivity index (χ1n) is 4.09. The Labute approximate surface area is 86.0 Å². The summed E-state index contributed by atoms with van der Waals surface area (Å²) < 4.78 is 26.7. The summed E-state index contributed by atoms with van der Waals surface area (Å²) in [6.07, 6.45) is 4.63. The molecule has 1 nitrogen and oxygen atoms in total. The molecule has 0 saturated carbocycles. The average Bonchev–Trinajstić information content (AvgIpc) is 2.18. The fraction of sp³-hybridized carbons (Fsp3) is 0.200. The molecule has 0 radical (unpaired) electrons. The molecule has 0 aliphatic rings. The minimum atomic E-state index is -0.565. The zero-order valence-electron chi connectivity index (χ0n) is 7.76. The van der Waals surface area contributed by atoms with Gasteiger partial charge in [-0.25, -0.2) is 8.78 Å². The van der Waals surface area contributed by atoms with E-state index in [4.69, 9.17) is 5.73 Å². The summed E-state index contributed by atoms with van der Waals surface area (Å²) in [4.78, 5) is 0.433. The molecule has 0 bridgehead atoms. The van der Waals surface area contributed by atoms with Gasteiger partial charge in [0, 0.05) is 17.0 Å². The molecule has 0 aromatic heterocycles. The minimum Gasteiger partial charge on any atom is -0.327 e. The Kier molecular flexibility index (Phi) is 4.10. The van der Waals surface area contributed by atoms with Crippen molar-refractivity contribution in [3.63, 3.8) is 0 Å². The van der Waals surface area contributed by atoms with Crippen molar-refractivity contribution in [3.05, 3.63) is 35.4 Å². The summed E-state index contributed by atoms with van der Waals surface area (Å²) in [6, 6.07) is 2.68. The Bertz CT molecular complexity index is 350. The maximum Gasteiger partial charge on any atom is 0.146 e. The van der Waals surface area contributed by atoms with Crippen molar-refractivity contribution >= 4 is 17.8 Å². The molecule has 0 heterocycles. The molecule has 1 aromatic carbocycles. The van der Waals surface area contributed by atoms with Crippen LogP contribution in [0.5, 0.6) is 0 Å². The van der Waals surface area contributed by atoms with Crippen molar-refractivity contribution in [2.24, 2.45) is 5.73 Å². The Hall–Kier alpha value is -0.870. The second kappa shape index (κ2) is 5.12. The van der Waals surface area contributed by atoms with Crippen molar-refractivity contribution in [2.75, 3.05) is 12.8 Å². The van der Waals surface area contributed by atoms with Crippen LogP contribution in [0.3, 0.4) is 0 Å². The predicted molar refractivity (Wildman–Crippen MR) is 56.2 cm³/mol. The van der Waals surface area contributed by atoms with Gasteiger partial charge in [0.25, 0.3) is 0 Å². The third-order valence-electron chi connectivity index (χ3n) is 1.73. The normalized spacial score (nSPS) is 11.1. The highest BCUT2D eigenvalue weighted by atomic mass is 32.2. The van der Waals surface area contributed by atoms with Crippen LogP contribution in [0.15, 0.2) is 23.1 Å². The van der Waals surface area contributed by atoms with Crippen LogP contribution in [0.1, 0.15) is 5.56 Å². The monoisotopic (exact) mass is 215 g/mol. The summed E-state index contributed by atoms with van der Waals surface area (Å²) in [7, 11) is 0. The molecule has 0 spiro atoms. The molecule has 4 heteroatoms. The standard InChI is InChI=1S/C10H11F2NS/c1-14-9-5-4-8(11)7(10(9)12)3-2-6-13/h2-5H,6,13H2,1H3/b3-2+. The fourth-order valence-electron chi connectivity index (χ4n) is 1.05. The molecule has 1 aromatic rings. The highest BCUT2D eigenvalue weighted by molar-refractivity contribution is 7.98. The first kappa shape index (κ1) is 11.2. The highest BCUT2D eigenvalue weighted by Crippen LogP contribution is 2.24. The minimum absolute atomic E-state index is 0.0256. The number of thioether (sulfide) groups is 1. The van der Waals surface area contributed by atoms with Crippen molar-refractivity contribution < 1.29 is 8.78 Å². The largest absolute Gasteiger partial charge is 0.327 e. The van der Waals surface area contributed by atoms with Crippen LogP contribution in [-0.2, 0) is 0 Å². The van der Waals surface area contributed by atoms with Gasteiger partial charge in [-0.05, 0) is 18.4 Å². The number of rotatable bonds is 3. The molecule has 0 saturated heterocycles. The molecule has 0 amide bonds. The first-order valence-corrected chi connectivity index (χ1v) is 5.31. The van der Waals surface area contributed by atoms with Crippen LogP contribution in [0.25, 0.3) is 6.08 Å². The lowest BCUT2D eigenvalue weighted by Gasteiger charge is -2.03. The quantitative estimate of drug-likeness (QED) is 0.784. The van der Waals surface area contributed by atoms with Crippen molar-refractivity contribution in [1.29, 1.82) is 0 Å². The molecular weight excluding hydrogens is 204 g/mol. The number of hydrogen-bond acceptors (Lipinski definition) is 2. The summed E-state index contributed by atoms with van der Waals surface area (Å²) in [5.74, 6) is -1.09. The van der Waals surface area contributed by atoms with Crippen LogP contribution in [0.2, 0.25) is 0 Å². The van der Waals surface area contributed by atoms with E-state index in [9.17, 15) is 8.78 Å². The van der Waals surface area contributed by atoms with E-state index in [1.54, 1.807) is 6.26 Å². The van der Waals surface area contributed by atoms with Gasteiger partial charge in [0.15, 0.2) is 0 Å². The van der Waals surface area contributed by atoms with E-state index in [0.29, 0.717) is 4.90 Å². The number of benzene rings is 1. The molecule has 1 rings (SSSR count). The molecule has 76 valence electrons. The Morgan fingerprint density at radius 1 is 1.43 bits per heavy atom. The highest BCUT2D eigenvalue weighted by Gasteiger charge is 2.09. The molecular formula is C10H11F2NS. The summed E-state index contributed by atoms with van der Waals surface area (Å²) >= 11 is 1.24. The summed E-state index contributed by atoms with van der Waals surface area (Å²) in [5, 5.41) is 0. The molecule has 0 aliphatic heterocycles. The van der Waals surface area contributed by atoms with E-state index in [0.717, 1.165) is 0 Å². The van der Waals surface area contributed by atoms with Gasteiger partial charge in [-0.1, -0.05) is 12.2 Å². The van der Waals surface area contributed by atoms with Crippen LogP contribution >= 0.6 is 11.8 Å². The molecule has 14 heavy (non-hydrogen) atoms. The Morgan fingerprint density at radius 3 is 2.71 bits per heavy atom. The average molecular weight is 215 g/mol. The van der Waals surface area contributed by atoms with Gasteiger partial charge in [0.1, 0.15) is 11.6 Å². The number of nitrogens with two attached hydrogens (primary N) is 1. The second-order valence-corrected chi connectivity index (χ2v) is 3.46. The molecule has 0 aliphatic carbocycles. The van der Waals surface area contributed by atoms with Crippen molar-refractivity contribution in [3.8, 4) is 0 Å². The van der Waals surface area contributed by atoms with E-state index in [-0.39, 0.29) is 12.1 Å². The van der Waals surface area contributed by atoms with E-state index in [2.05, 4.69) is 0 Å². The topological polar surface area (TPSA) is 26.0 Å². The molecule has 0 unspecified atom stereocenters. The third-order valence-corrected chi connectivity index (χ3v) is 2.49. The zero-order valence-corrected chi connectivity index (χ0v) is 8.57. The lowest BCUT2D eigenvalue weighted by molar-refractivity contribution is 0.561. The number of hydrogen-bond donors (Lipinski definition) is 1. The van der Waals surface area contributed by atoms with Gasteiger partial charge in [-0.3, -0.25) is 0 Å². The van der Waals surface area contributed by atoms with Crippen molar-refractivity contribution in [1.82, 2.24) is 0 Å². The molecule has 2 N–H and O–H groups in total. The lowest BCUT2D eigenvalue weighted by atomic mass is 10.2. The SMILES string of the molecule is CSc1ccc(F)c(/C=C/CN)c1F. The van der Waals surface area contributed by atoms with Gasteiger partial charge >= 0.3 is 0 Å². The molecule has 0 atom stereocenters. The van der Waals surface area contributed by atoms with Crippen LogP contribution in [-0.4, -0.2) is 12.8 Å². The maximum absolute atomic E-state index is 13.5. The summed E-state index contributed by atoms with van der Waals surface area (Å²) in [6.45, 7) is 0.266. The van der Waals surface area contributed by atoms with Gasteiger partial charge in [-0.2, -0.15) is 0 Å². The first-order chi connectivity index (χ1) is 6.70. The van der Waals surface area contributed by atoms with E-state index in [1.165, 1.54) is 36.0 Å². The molecule has 0 fully saturated rings. The van der Waals surface area contributed by atoms with Crippen LogP contribution in [0, 0.1) is 11.6 Å². The predicted octanol–water partition coefficient (Wildman–Crippen LogP) is 2.66. The van der Waals surface area contributed by atoms with Crippen LogP contribution < -0.4 is 5.73 Å². The zero-order chi connectivity index (χ0) is 10.6. The maximum atomic E-state index is 13.5. The van der Waals surface area contributed by atoms with Gasteiger partial charge in [0.05, 0.1) is 0 Å². The van der Waals surface area contributed by atoms with E-state index in [1.807, 2.05) is 0 Å². The Morgan fingerprint density at radius 2 is 2.14 bits per heavy atom. The van der Waals surface area contributed by atoms with E-state index < -0.39 is 11.6 Å². The second-order valence-electron chi connectivity index (χ2n) is 2.62. The fourth-order valence-corrected chi connectivity index (χ4v) is 1.54. The third kappa shape index (κ3) is 2.33. The summed E-state index contributed by atoms with van der Waals surface area (Å²) in [5.41, 5.74) is 5.18. The Balaban J connectivity index is 3.18. The number of halogens is 2. The lowest BCUT2D eigenvalue weighted by Crippen LogP contribution is -1.95. The van der Waals surface area contributed by atoms with E-state index >= 15 is 0 Å². The smallest absolute Gasteiger partial charge is 0.146 e.